The first-order valence-electron chi connectivity index (χ1n) is 9.49. The lowest BCUT2D eigenvalue weighted by molar-refractivity contribution is -0.139. The van der Waals surface area contributed by atoms with Crippen LogP contribution in [0.3, 0.4) is 0 Å². The molecule has 0 saturated carbocycles. The summed E-state index contributed by atoms with van der Waals surface area (Å²) in [6.07, 6.45) is 0.824. The summed E-state index contributed by atoms with van der Waals surface area (Å²) in [6, 6.07) is 14.3. The third kappa shape index (κ3) is 3.79. The van der Waals surface area contributed by atoms with E-state index in [1.54, 1.807) is 6.07 Å². The Labute approximate surface area is 176 Å². The molecule has 0 bridgehead atoms. The normalized spacial score (nSPS) is 27.3. The highest BCUT2D eigenvalue weighted by Crippen LogP contribution is 2.48. The fourth-order valence-corrected chi connectivity index (χ4v) is 4.92. The Balaban J connectivity index is 2.25. The number of carboxylic acids is 1. The quantitative estimate of drug-likeness (QED) is 0.635. The van der Waals surface area contributed by atoms with Crippen molar-refractivity contribution in [2.24, 2.45) is 5.92 Å². The second-order valence-electron chi connectivity index (χ2n) is 7.82. The molecule has 0 radical (unpaired) electrons. The molecule has 0 aliphatic carbocycles. The van der Waals surface area contributed by atoms with Gasteiger partial charge in [0, 0.05) is 22.0 Å². The van der Waals surface area contributed by atoms with Gasteiger partial charge in [0.2, 0.25) is 0 Å². The van der Waals surface area contributed by atoms with Gasteiger partial charge in [-0.2, -0.15) is 0 Å². The summed E-state index contributed by atoms with van der Waals surface area (Å²) in [4.78, 5) is 12.2. The maximum absolute atomic E-state index is 12.2. The molecule has 6 heteroatoms. The van der Waals surface area contributed by atoms with E-state index in [1.165, 1.54) is 0 Å². The van der Waals surface area contributed by atoms with Gasteiger partial charge in [0.25, 0.3) is 0 Å². The van der Waals surface area contributed by atoms with Crippen molar-refractivity contribution < 1.29 is 9.90 Å². The van der Waals surface area contributed by atoms with Crippen LogP contribution >= 0.6 is 23.2 Å². The van der Waals surface area contributed by atoms with Crippen LogP contribution in [0.5, 0.6) is 0 Å². The van der Waals surface area contributed by atoms with Gasteiger partial charge in [0.05, 0.1) is 5.54 Å². The molecular weight excluding hydrogens is 395 g/mol. The number of rotatable bonds is 6. The van der Waals surface area contributed by atoms with Gasteiger partial charge in [-0.15, -0.1) is 0 Å². The number of hydrogen-bond acceptors (Lipinski definition) is 3. The highest BCUT2D eigenvalue weighted by Gasteiger charge is 2.57. The lowest BCUT2D eigenvalue weighted by Gasteiger charge is -2.41. The van der Waals surface area contributed by atoms with Crippen molar-refractivity contribution in [3.63, 3.8) is 0 Å². The Kier molecular flexibility index (Phi) is 6.35. The molecule has 0 aromatic heterocycles. The van der Waals surface area contributed by atoms with Crippen molar-refractivity contribution in [2.45, 2.75) is 43.8 Å². The van der Waals surface area contributed by atoms with E-state index >= 15 is 0 Å². The summed E-state index contributed by atoms with van der Waals surface area (Å²) >= 11 is 12.4. The van der Waals surface area contributed by atoms with Gasteiger partial charge >= 0.3 is 5.97 Å². The second kappa shape index (κ2) is 8.42. The summed E-state index contributed by atoms with van der Waals surface area (Å²) < 4.78 is 0. The molecule has 0 amide bonds. The predicted molar refractivity (Wildman–Crippen MR) is 114 cm³/mol. The Morgan fingerprint density at radius 1 is 1.18 bits per heavy atom. The highest BCUT2D eigenvalue weighted by atomic mass is 35.5. The third-order valence-electron chi connectivity index (χ3n) is 5.67. The standard InChI is InChI=1S/C22H26Cl2N2O2/c1-13(2)11-18-22(25-3,15-7-9-16(23)10-8-15)19(20(26-18)21(27)28)14-5-4-6-17(24)12-14/h4-10,12-13,18-20,25-26H,11H2,1-3H3,(H,27,28)/t18-,19+,20-,22-/m1/s1. The van der Waals surface area contributed by atoms with Crippen molar-refractivity contribution in [1.82, 2.24) is 10.6 Å². The van der Waals surface area contributed by atoms with Crippen LogP contribution in [-0.2, 0) is 10.3 Å². The van der Waals surface area contributed by atoms with Gasteiger partial charge < -0.3 is 10.4 Å². The maximum atomic E-state index is 12.2. The Morgan fingerprint density at radius 2 is 1.86 bits per heavy atom. The topological polar surface area (TPSA) is 61.4 Å². The van der Waals surface area contributed by atoms with Gasteiger partial charge in [-0.25, -0.2) is 0 Å². The van der Waals surface area contributed by atoms with Crippen molar-refractivity contribution >= 4 is 29.2 Å². The fourth-order valence-electron chi connectivity index (χ4n) is 4.60. The van der Waals surface area contributed by atoms with Gasteiger partial charge in [0.15, 0.2) is 0 Å². The summed E-state index contributed by atoms with van der Waals surface area (Å²) in [5.74, 6) is -0.825. The van der Waals surface area contributed by atoms with Crippen LogP contribution in [0.25, 0.3) is 0 Å². The monoisotopic (exact) mass is 420 g/mol. The molecule has 4 atom stereocenters. The Bertz CT molecular complexity index is 841. The van der Waals surface area contributed by atoms with E-state index in [0.29, 0.717) is 16.0 Å². The lowest BCUT2D eigenvalue weighted by Crippen LogP contribution is -2.53. The van der Waals surface area contributed by atoms with Crippen molar-refractivity contribution in [3.8, 4) is 0 Å². The van der Waals surface area contributed by atoms with Crippen LogP contribution in [0.1, 0.15) is 37.3 Å². The molecule has 1 aliphatic heterocycles. The first-order valence-corrected chi connectivity index (χ1v) is 10.2. The molecule has 4 nitrogen and oxygen atoms in total. The summed E-state index contributed by atoms with van der Waals surface area (Å²) in [6.45, 7) is 4.29. The van der Waals surface area contributed by atoms with E-state index in [1.807, 2.05) is 49.5 Å². The van der Waals surface area contributed by atoms with Crippen LogP contribution in [0.15, 0.2) is 48.5 Å². The van der Waals surface area contributed by atoms with Crippen molar-refractivity contribution in [1.29, 1.82) is 0 Å². The molecule has 1 aliphatic rings. The van der Waals surface area contributed by atoms with E-state index < -0.39 is 17.6 Å². The number of aliphatic carboxylic acids is 1. The molecule has 150 valence electrons. The molecule has 0 spiro atoms. The molecule has 3 rings (SSSR count). The van der Waals surface area contributed by atoms with E-state index in [4.69, 9.17) is 23.2 Å². The SMILES string of the molecule is CN[C@]1(c2ccc(Cl)cc2)[C@@H](CC(C)C)N[C@@H](C(=O)O)[C@@H]1c1cccc(Cl)c1. The highest BCUT2D eigenvalue weighted by molar-refractivity contribution is 6.30. The molecule has 1 saturated heterocycles. The van der Waals surface area contributed by atoms with Crippen LogP contribution < -0.4 is 10.6 Å². The lowest BCUT2D eigenvalue weighted by atomic mass is 9.69. The average molecular weight is 421 g/mol. The third-order valence-corrected chi connectivity index (χ3v) is 6.16. The minimum Gasteiger partial charge on any atom is -0.480 e. The summed E-state index contributed by atoms with van der Waals surface area (Å²) in [7, 11) is 1.89. The number of likely N-dealkylation sites (N-methyl/N-ethyl adjacent to an activating group) is 1. The van der Waals surface area contributed by atoms with Gasteiger partial charge in [0.1, 0.15) is 6.04 Å². The number of carbonyl (C=O) groups is 1. The van der Waals surface area contributed by atoms with E-state index in [9.17, 15) is 9.90 Å². The molecule has 1 heterocycles. The molecular formula is C22H26Cl2N2O2. The van der Waals surface area contributed by atoms with Crippen LogP contribution in [-0.4, -0.2) is 30.2 Å². The fraction of sp³-hybridized carbons (Fsp3) is 0.409. The maximum Gasteiger partial charge on any atom is 0.321 e. The van der Waals surface area contributed by atoms with Gasteiger partial charge in [-0.05, 0) is 54.8 Å². The molecule has 3 N–H and O–H groups in total. The summed E-state index contributed by atoms with van der Waals surface area (Å²) in [5, 5.41) is 18.2. The molecule has 28 heavy (non-hydrogen) atoms. The van der Waals surface area contributed by atoms with E-state index in [0.717, 1.165) is 17.5 Å². The van der Waals surface area contributed by atoms with Crippen LogP contribution in [0.4, 0.5) is 0 Å². The largest absolute Gasteiger partial charge is 0.480 e. The van der Waals surface area contributed by atoms with E-state index in [-0.39, 0.29) is 12.0 Å². The van der Waals surface area contributed by atoms with Gasteiger partial charge in [-0.1, -0.05) is 61.3 Å². The molecule has 2 aromatic carbocycles. The predicted octanol–water partition coefficient (Wildman–Crippen LogP) is 4.66. The zero-order valence-corrected chi connectivity index (χ0v) is 17.8. The summed E-state index contributed by atoms with van der Waals surface area (Å²) in [5.41, 5.74) is 1.28. The number of carboxylic acid groups (broad SMARTS) is 1. The number of nitrogens with one attached hydrogen (secondary N) is 2. The minimum atomic E-state index is -0.871. The number of halogens is 2. The van der Waals surface area contributed by atoms with Gasteiger partial charge in [-0.3, -0.25) is 10.1 Å². The molecule has 0 unspecified atom stereocenters. The second-order valence-corrected chi connectivity index (χ2v) is 8.70. The first-order chi connectivity index (χ1) is 13.3. The average Bonchev–Trinajstić information content (AvgIpc) is 2.97. The minimum absolute atomic E-state index is 0.0799. The number of benzene rings is 2. The van der Waals surface area contributed by atoms with Crippen molar-refractivity contribution in [2.75, 3.05) is 7.05 Å². The smallest absolute Gasteiger partial charge is 0.321 e. The first kappa shape index (κ1) is 21.1. The Hall–Kier alpha value is -1.59. The zero-order chi connectivity index (χ0) is 20.5. The molecule has 1 fully saturated rings. The Morgan fingerprint density at radius 3 is 2.39 bits per heavy atom. The van der Waals surface area contributed by atoms with Crippen LogP contribution in [0.2, 0.25) is 10.0 Å². The van der Waals surface area contributed by atoms with E-state index in [2.05, 4.69) is 24.5 Å². The van der Waals surface area contributed by atoms with Crippen molar-refractivity contribution in [3.05, 3.63) is 69.7 Å². The zero-order valence-electron chi connectivity index (χ0n) is 16.2. The number of hydrogen-bond donors (Lipinski definition) is 3. The molecule has 2 aromatic rings. The van der Waals surface area contributed by atoms with Crippen LogP contribution in [0, 0.1) is 5.92 Å².